The molecule has 0 atom stereocenters. The molecule has 0 unspecified atom stereocenters. The van der Waals surface area contributed by atoms with Crippen LogP contribution >= 0.6 is 24.0 Å². The van der Waals surface area contributed by atoms with Crippen molar-refractivity contribution >= 4 is 39.8 Å². The van der Waals surface area contributed by atoms with Gasteiger partial charge in [0.15, 0.2) is 15.8 Å². The molecule has 150 valence electrons. The molecule has 2 N–H and O–H groups in total. The van der Waals surface area contributed by atoms with Crippen molar-refractivity contribution in [2.75, 3.05) is 26.4 Å². The number of halogens is 1. The Balaban J connectivity index is 0.00000625. The lowest BCUT2D eigenvalue weighted by atomic mass is 9.84. The van der Waals surface area contributed by atoms with Gasteiger partial charge in [-0.05, 0) is 31.4 Å². The summed E-state index contributed by atoms with van der Waals surface area (Å²) in [6, 6.07) is 8.67. The Labute approximate surface area is 176 Å². The molecule has 0 spiro atoms. The van der Waals surface area contributed by atoms with Crippen LogP contribution in [0.2, 0.25) is 0 Å². The molecule has 0 aliphatic heterocycles. The van der Waals surface area contributed by atoms with Crippen LogP contribution in [0.25, 0.3) is 0 Å². The van der Waals surface area contributed by atoms with Gasteiger partial charge < -0.3 is 10.6 Å². The van der Waals surface area contributed by atoms with E-state index < -0.39 is 14.6 Å². The Kier molecular flexibility index (Phi) is 9.60. The third-order valence-electron chi connectivity index (χ3n) is 4.75. The molecule has 0 bridgehead atoms. The van der Waals surface area contributed by atoms with Crippen LogP contribution < -0.4 is 10.6 Å². The minimum Gasteiger partial charge on any atom is -0.356 e. The van der Waals surface area contributed by atoms with Crippen LogP contribution in [-0.4, -0.2) is 45.5 Å². The topological polar surface area (TPSA) is 70.6 Å². The normalized spacial score (nSPS) is 13.1. The van der Waals surface area contributed by atoms with Gasteiger partial charge in [-0.1, -0.05) is 45.0 Å². The van der Waals surface area contributed by atoms with Crippen LogP contribution in [0.5, 0.6) is 0 Å². The molecule has 0 saturated heterocycles. The first-order valence-corrected chi connectivity index (χ1v) is 10.6. The summed E-state index contributed by atoms with van der Waals surface area (Å²) in [5.41, 5.74) is 2.51. The fourth-order valence-corrected chi connectivity index (χ4v) is 2.58. The SMILES string of the molecule is CCc1ccc(C(C)(C)CNC(=NC)NCC(C)(C)S(C)(=O)=O)cc1.I. The number of sulfone groups is 1. The highest BCUT2D eigenvalue weighted by molar-refractivity contribution is 14.0. The molecule has 0 fully saturated rings. The predicted octanol–water partition coefficient (Wildman–Crippen LogP) is 3.13. The van der Waals surface area contributed by atoms with Gasteiger partial charge in [-0.25, -0.2) is 8.42 Å². The molecule has 0 aliphatic carbocycles. The third-order valence-corrected chi connectivity index (χ3v) is 6.90. The van der Waals surface area contributed by atoms with Gasteiger partial charge in [-0.15, -0.1) is 24.0 Å². The maximum atomic E-state index is 11.8. The lowest BCUT2D eigenvalue weighted by Crippen LogP contribution is -2.49. The molecule has 0 aliphatic rings. The van der Waals surface area contributed by atoms with Crippen molar-refractivity contribution in [2.24, 2.45) is 4.99 Å². The van der Waals surface area contributed by atoms with Crippen molar-refractivity contribution in [1.82, 2.24) is 10.6 Å². The highest BCUT2D eigenvalue weighted by Gasteiger charge is 2.30. The highest BCUT2D eigenvalue weighted by atomic mass is 127. The van der Waals surface area contributed by atoms with E-state index in [1.165, 1.54) is 17.4 Å². The van der Waals surface area contributed by atoms with Gasteiger partial charge in [-0.2, -0.15) is 0 Å². The first kappa shape index (κ1) is 25.2. The fraction of sp³-hybridized carbons (Fsp3) is 0.632. The van der Waals surface area contributed by atoms with Gasteiger partial charge in [0.2, 0.25) is 0 Å². The maximum absolute atomic E-state index is 11.8. The molecular formula is C19H34IN3O2S. The largest absolute Gasteiger partial charge is 0.356 e. The number of benzene rings is 1. The average molecular weight is 495 g/mol. The minimum absolute atomic E-state index is 0. The van der Waals surface area contributed by atoms with Gasteiger partial charge in [0.05, 0.1) is 4.75 Å². The van der Waals surface area contributed by atoms with Gasteiger partial charge >= 0.3 is 0 Å². The molecular weight excluding hydrogens is 461 g/mol. The summed E-state index contributed by atoms with van der Waals surface area (Å²) >= 11 is 0. The van der Waals surface area contributed by atoms with Crippen LogP contribution in [0, 0.1) is 0 Å². The monoisotopic (exact) mass is 495 g/mol. The smallest absolute Gasteiger partial charge is 0.191 e. The van der Waals surface area contributed by atoms with Gasteiger partial charge in [0.1, 0.15) is 0 Å². The van der Waals surface area contributed by atoms with Crippen molar-refractivity contribution < 1.29 is 8.42 Å². The van der Waals surface area contributed by atoms with E-state index in [1.54, 1.807) is 20.9 Å². The standard InChI is InChI=1S/C19H33N3O2S.HI/c1-8-15-9-11-16(12-10-15)18(2,3)13-21-17(20-6)22-14-19(4,5)25(7,23)24;/h9-12H,8,13-14H2,1-7H3,(H2,20,21,22);1H. The summed E-state index contributed by atoms with van der Waals surface area (Å²) in [6.45, 7) is 10.9. The zero-order chi connectivity index (χ0) is 19.3. The summed E-state index contributed by atoms with van der Waals surface area (Å²) in [5, 5.41) is 6.42. The van der Waals surface area contributed by atoms with Crippen LogP contribution in [0.1, 0.15) is 45.7 Å². The Morgan fingerprint density at radius 2 is 1.54 bits per heavy atom. The number of guanidine groups is 1. The highest BCUT2D eigenvalue weighted by Crippen LogP contribution is 2.22. The number of hydrogen-bond donors (Lipinski definition) is 2. The Bertz CT molecular complexity index is 696. The van der Waals surface area contributed by atoms with Crippen LogP contribution in [-0.2, 0) is 21.7 Å². The van der Waals surface area contributed by atoms with Gasteiger partial charge in [-0.3, -0.25) is 4.99 Å². The third kappa shape index (κ3) is 7.06. The van der Waals surface area contributed by atoms with Gasteiger partial charge in [0.25, 0.3) is 0 Å². The molecule has 0 aromatic heterocycles. The average Bonchev–Trinajstić information content (AvgIpc) is 2.54. The fourth-order valence-electron chi connectivity index (χ4n) is 2.25. The van der Waals surface area contributed by atoms with Crippen LogP contribution in [0.15, 0.2) is 29.3 Å². The molecule has 1 aromatic carbocycles. The van der Waals surface area contributed by atoms with Crippen molar-refractivity contribution in [1.29, 1.82) is 0 Å². The molecule has 0 saturated carbocycles. The molecule has 0 radical (unpaired) electrons. The van der Waals surface area contributed by atoms with Crippen LogP contribution in [0.3, 0.4) is 0 Å². The number of aliphatic imine (C=N–C) groups is 1. The second-order valence-electron chi connectivity index (χ2n) is 7.75. The lowest BCUT2D eigenvalue weighted by Gasteiger charge is -2.28. The van der Waals surface area contributed by atoms with Crippen LogP contribution in [0.4, 0.5) is 0 Å². The first-order valence-electron chi connectivity index (χ1n) is 8.66. The molecule has 26 heavy (non-hydrogen) atoms. The molecule has 1 rings (SSSR count). The zero-order valence-corrected chi connectivity index (χ0v) is 20.2. The van der Waals surface area contributed by atoms with E-state index in [4.69, 9.17) is 0 Å². The zero-order valence-electron chi connectivity index (χ0n) is 17.0. The second kappa shape index (κ2) is 9.92. The molecule has 0 amide bonds. The van der Waals surface area contributed by atoms with E-state index in [1.807, 2.05) is 0 Å². The molecule has 5 nitrogen and oxygen atoms in total. The number of nitrogens with zero attached hydrogens (tertiary/aromatic N) is 1. The summed E-state index contributed by atoms with van der Waals surface area (Å²) in [4.78, 5) is 4.20. The number of aryl methyl sites for hydroxylation is 1. The van der Waals surface area contributed by atoms with Crippen molar-refractivity contribution in [3.63, 3.8) is 0 Å². The van der Waals surface area contributed by atoms with Crippen molar-refractivity contribution in [2.45, 2.75) is 51.2 Å². The van der Waals surface area contributed by atoms with Crippen molar-refractivity contribution in [3.8, 4) is 0 Å². The Hall–Kier alpha value is -0.830. The summed E-state index contributed by atoms with van der Waals surface area (Å²) in [5.74, 6) is 0.606. The second-order valence-corrected chi connectivity index (χ2v) is 10.4. The molecule has 7 heteroatoms. The first-order chi connectivity index (χ1) is 11.4. The number of rotatable bonds is 7. The molecule has 0 heterocycles. The van der Waals surface area contributed by atoms with Gasteiger partial charge in [0, 0.05) is 31.8 Å². The van der Waals surface area contributed by atoms with Crippen molar-refractivity contribution in [3.05, 3.63) is 35.4 Å². The van der Waals surface area contributed by atoms with E-state index in [0.717, 1.165) is 6.42 Å². The summed E-state index contributed by atoms with van der Waals surface area (Å²) in [6.07, 6.45) is 2.29. The van der Waals surface area contributed by atoms with E-state index in [2.05, 4.69) is 60.7 Å². The quantitative estimate of drug-likeness (QED) is 0.347. The predicted molar refractivity (Wildman–Crippen MR) is 123 cm³/mol. The lowest BCUT2D eigenvalue weighted by molar-refractivity contribution is 0.504. The van der Waals surface area contributed by atoms with E-state index >= 15 is 0 Å². The summed E-state index contributed by atoms with van der Waals surface area (Å²) < 4.78 is 22.8. The Morgan fingerprint density at radius 1 is 1.04 bits per heavy atom. The van der Waals surface area contributed by atoms with E-state index in [9.17, 15) is 8.42 Å². The summed E-state index contributed by atoms with van der Waals surface area (Å²) in [7, 11) is -1.46. The maximum Gasteiger partial charge on any atom is 0.191 e. The Morgan fingerprint density at radius 3 is 1.96 bits per heavy atom. The molecule has 1 aromatic rings. The van der Waals surface area contributed by atoms with E-state index in [-0.39, 0.29) is 29.4 Å². The number of hydrogen-bond acceptors (Lipinski definition) is 3. The minimum atomic E-state index is -3.14. The van der Waals surface area contributed by atoms with E-state index in [0.29, 0.717) is 19.0 Å². The number of nitrogens with one attached hydrogen (secondary N) is 2.